The molecule has 2 fully saturated rings. The highest BCUT2D eigenvalue weighted by Crippen LogP contribution is 2.30. The zero-order valence-electron chi connectivity index (χ0n) is 12.7. The largest absolute Gasteiger partial charge is 0.376 e. The molecule has 1 aromatic carbocycles. The molecule has 1 N–H and O–H groups in total. The predicted molar refractivity (Wildman–Crippen MR) is 79.7 cm³/mol. The zero-order valence-corrected chi connectivity index (χ0v) is 12.7. The van der Waals surface area contributed by atoms with E-state index in [-0.39, 0.29) is 24.2 Å². The molecule has 0 bridgehead atoms. The summed E-state index contributed by atoms with van der Waals surface area (Å²) in [6.07, 6.45) is 1.63. The highest BCUT2D eigenvalue weighted by atomic mass is 16.6. The highest BCUT2D eigenvalue weighted by molar-refractivity contribution is 6.07. The molecule has 0 aliphatic carbocycles. The third-order valence-electron chi connectivity index (χ3n) is 4.34. The standard InChI is InChI=1S/C15H17N3O5/c1-15(10-4-6-11(7-5-10)18(21)22)13(19)17(14(20)16-15)9-12-3-2-8-23-12/h4-7,12H,2-3,8-9H2,1H3,(H,16,20)/t12-,15+/m0/s1. The molecule has 122 valence electrons. The van der Waals surface area contributed by atoms with Crippen molar-refractivity contribution in [3.8, 4) is 0 Å². The average Bonchev–Trinajstić information content (AvgIpc) is 3.11. The number of ether oxygens (including phenoxy) is 1. The van der Waals surface area contributed by atoms with Gasteiger partial charge in [0.2, 0.25) is 0 Å². The molecule has 2 aliphatic heterocycles. The van der Waals surface area contributed by atoms with Crippen molar-refractivity contribution in [3.05, 3.63) is 39.9 Å². The van der Waals surface area contributed by atoms with Crippen molar-refractivity contribution in [1.29, 1.82) is 0 Å². The summed E-state index contributed by atoms with van der Waals surface area (Å²) in [7, 11) is 0. The number of nitro groups is 1. The summed E-state index contributed by atoms with van der Waals surface area (Å²) >= 11 is 0. The molecular formula is C15H17N3O5. The number of urea groups is 1. The number of hydrogen-bond acceptors (Lipinski definition) is 5. The van der Waals surface area contributed by atoms with Gasteiger partial charge in [-0.3, -0.25) is 19.8 Å². The molecule has 8 heteroatoms. The smallest absolute Gasteiger partial charge is 0.325 e. The van der Waals surface area contributed by atoms with Gasteiger partial charge in [0, 0.05) is 18.7 Å². The number of nitro benzene ring substituents is 1. The van der Waals surface area contributed by atoms with E-state index in [1.807, 2.05) is 0 Å². The molecule has 0 spiro atoms. The van der Waals surface area contributed by atoms with Crippen molar-refractivity contribution in [2.24, 2.45) is 0 Å². The number of carbonyl (C=O) groups excluding carboxylic acids is 2. The van der Waals surface area contributed by atoms with Crippen molar-refractivity contribution < 1.29 is 19.2 Å². The number of nitrogens with zero attached hydrogens (tertiary/aromatic N) is 2. The Balaban J connectivity index is 1.82. The summed E-state index contributed by atoms with van der Waals surface area (Å²) < 4.78 is 5.48. The summed E-state index contributed by atoms with van der Waals surface area (Å²) in [5.41, 5.74) is -0.771. The van der Waals surface area contributed by atoms with E-state index in [4.69, 9.17) is 4.74 Å². The first-order valence-corrected chi connectivity index (χ1v) is 7.42. The van der Waals surface area contributed by atoms with Gasteiger partial charge in [0.05, 0.1) is 17.6 Å². The van der Waals surface area contributed by atoms with Gasteiger partial charge in [-0.25, -0.2) is 4.79 Å². The van der Waals surface area contributed by atoms with Crippen LogP contribution in [-0.2, 0) is 15.1 Å². The van der Waals surface area contributed by atoms with Crippen LogP contribution in [0.4, 0.5) is 10.5 Å². The monoisotopic (exact) mass is 319 g/mol. The second-order valence-corrected chi connectivity index (χ2v) is 5.91. The molecule has 0 aromatic heterocycles. The molecular weight excluding hydrogens is 302 g/mol. The van der Waals surface area contributed by atoms with Crippen LogP contribution in [0, 0.1) is 10.1 Å². The SMILES string of the molecule is C[C@]1(c2ccc([N+](=O)[O-])cc2)NC(=O)N(C[C@@H]2CCCO2)C1=O. The van der Waals surface area contributed by atoms with E-state index in [0.29, 0.717) is 12.2 Å². The summed E-state index contributed by atoms with van der Waals surface area (Å²) in [4.78, 5) is 36.2. The lowest BCUT2D eigenvalue weighted by Crippen LogP contribution is -2.42. The van der Waals surface area contributed by atoms with Gasteiger partial charge in [0.25, 0.3) is 11.6 Å². The van der Waals surface area contributed by atoms with Crippen molar-refractivity contribution in [2.75, 3.05) is 13.2 Å². The van der Waals surface area contributed by atoms with Crippen LogP contribution in [-0.4, -0.2) is 41.0 Å². The molecule has 0 radical (unpaired) electrons. The van der Waals surface area contributed by atoms with E-state index >= 15 is 0 Å². The molecule has 23 heavy (non-hydrogen) atoms. The van der Waals surface area contributed by atoms with Gasteiger partial charge in [0.15, 0.2) is 0 Å². The normalized spacial score (nSPS) is 27.3. The minimum atomic E-state index is -1.22. The summed E-state index contributed by atoms with van der Waals surface area (Å²) in [5.74, 6) is -0.369. The minimum Gasteiger partial charge on any atom is -0.376 e. The fraction of sp³-hybridized carbons (Fsp3) is 0.467. The van der Waals surface area contributed by atoms with E-state index in [2.05, 4.69) is 5.32 Å². The van der Waals surface area contributed by atoms with Crippen LogP contribution >= 0.6 is 0 Å². The van der Waals surface area contributed by atoms with Crippen LogP contribution in [0.5, 0.6) is 0 Å². The molecule has 2 saturated heterocycles. The fourth-order valence-electron chi connectivity index (χ4n) is 2.97. The quantitative estimate of drug-likeness (QED) is 0.515. The van der Waals surface area contributed by atoms with Gasteiger partial charge < -0.3 is 10.1 Å². The second kappa shape index (κ2) is 5.62. The molecule has 2 heterocycles. The zero-order chi connectivity index (χ0) is 16.6. The van der Waals surface area contributed by atoms with Gasteiger partial charge in [-0.2, -0.15) is 0 Å². The van der Waals surface area contributed by atoms with Gasteiger partial charge in [-0.15, -0.1) is 0 Å². The van der Waals surface area contributed by atoms with E-state index in [1.54, 1.807) is 6.92 Å². The molecule has 2 aliphatic rings. The molecule has 0 unspecified atom stereocenters. The third kappa shape index (κ3) is 2.65. The van der Waals surface area contributed by atoms with E-state index in [9.17, 15) is 19.7 Å². The maximum Gasteiger partial charge on any atom is 0.325 e. The first-order valence-electron chi connectivity index (χ1n) is 7.42. The van der Waals surface area contributed by atoms with Crippen LogP contribution in [0.3, 0.4) is 0 Å². The Bertz CT molecular complexity index is 654. The van der Waals surface area contributed by atoms with Crippen LogP contribution in [0.2, 0.25) is 0 Å². The Morgan fingerprint density at radius 2 is 2.09 bits per heavy atom. The van der Waals surface area contributed by atoms with Crippen LogP contribution in [0.25, 0.3) is 0 Å². The minimum absolute atomic E-state index is 0.0645. The molecule has 3 rings (SSSR count). The summed E-state index contributed by atoms with van der Waals surface area (Å²) in [6, 6.07) is 5.16. The van der Waals surface area contributed by atoms with Gasteiger partial charge in [-0.1, -0.05) is 0 Å². The third-order valence-corrected chi connectivity index (χ3v) is 4.34. The first kappa shape index (κ1) is 15.4. The first-order chi connectivity index (χ1) is 10.9. The van der Waals surface area contributed by atoms with Gasteiger partial charge in [-0.05, 0) is 37.5 Å². The maximum atomic E-state index is 12.7. The Labute approximate surface area is 132 Å². The maximum absolute atomic E-state index is 12.7. The summed E-state index contributed by atoms with van der Waals surface area (Å²) in [6.45, 7) is 2.48. The number of benzene rings is 1. The summed E-state index contributed by atoms with van der Waals surface area (Å²) in [5, 5.41) is 13.4. The van der Waals surface area contributed by atoms with Gasteiger partial charge >= 0.3 is 6.03 Å². The predicted octanol–water partition coefficient (Wildman–Crippen LogP) is 1.54. The molecule has 2 atom stereocenters. The van der Waals surface area contributed by atoms with E-state index < -0.39 is 16.5 Å². The Morgan fingerprint density at radius 3 is 2.65 bits per heavy atom. The lowest BCUT2D eigenvalue weighted by Gasteiger charge is -2.23. The van der Waals surface area contributed by atoms with Gasteiger partial charge in [0.1, 0.15) is 5.54 Å². The number of rotatable bonds is 4. The Morgan fingerprint density at radius 1 is 1.39 bits per heavy atom. The Hall–Kier alpha value is -2.48. The lowest BCUT2D eigenvalue weighted by atomic mass is 9.92. The topological polar surface area (TPSA) is 102 Å². The van der Waals surface area contributed by atoms with E-state index in [1.165, 1.54) is 24.3 Å². The number of imide groups is 1. The van der Waals surface area contributed by atoms with Crippen molar-refractivity contribution in [3.63, 3.8) is 0 Å². The van der Waals surface area contributed by atoms with E-state index in [0.717, 1.165) is 17.7 Å². The Kier molecular flexibility index (Phi) is 3.77. The molecule has 1 aromatic rings. The number of non-ortho nitro benzene ring substituents is 1. The molecule has 8 nitrogen and oxygen atoms in total. The number of nitrogens with one attached hydrogen (secondary N) is 1. The van der Waals surface area contributed by atoms with Crippen molar-refractivity contribution in [1.82, 2.24) is 10.2 Å². The van der Waals surface area contributed by atoms with Crippen LogP contribution in [0.1, 0.15) is 25.3 Å². The number of carbonyl (C=O) groups is 2. The number of amides is 3. The number of hydrogen-bond donors (Lipinski definition) is 1. The molecule has 3 amide bonds. The lowest BCUT2D eigenvalue weighted by molar-refractivity contribution is -0.384. The molecule has 0 saturated carbocycles. The second-order valence-electron chi connectivity index (χ2n) is 5.91. The van der Waals surface area contributed by atoms with Crippen molar-refractivity contribution in [2.45, 2.75) is 31.4 Å². The van der Waals surface area contributed by atoms with Crippen LogP contribution in [0.15, 0.2) is 24.3 Å². The fourth-order valence-corrected chi connectivity index (χ4v) is 2.97. The van der Waals surface area contributed by atoms with Crippen molar-refractivity contribution >= 4 is 17.6 Å². The average molecular weight is 319 g/mol. The van der Waals surface area contributed by atoms with Crippen LogP contribution < -0.4 is 5.32 Å². The highest BCUT2D eigenvalue weighted by Gasteiger charge is 2.49.